The zero-order valence-corrected chi connectivity index (χ0v) is 11.8. The summed E-state index contributed by atoms with van der Waals surface area (Å²) in [7, 11) is 0. The summed E-state index contributed by atoms with van der Waals surface area (Å²) in [5, 5.41) is 18.6. The number of phenols is 1. The Bertz CT molecular complexity index is 679. The zero-order valence-electron chi connectivity index (χ0n) is 11.1. The first-order valence-corrected chi connectivity index (χ1v) is 6.37. The van der Waals surface area contributed by atoms with Crippen LogP contribution in [0.5, 0.6) is 5.75 Å². The van der Waals surface area contributed by atoms with Crippen molar-refractivity contribution in [3.8, 4) is 5.75 Å². The van der Waals surface area contributed by atoms with Crippen LogP contribution >= 0.6 is 11.6 Å². The molecule has 0 bridgehead atoms. The molecule has 0 radical (unpaired) electrons. The number of azo groups is 1. The van der Waals surface area contributed by atoms with Gasteiger partial charge >= 0.3 is 0 Å². The first kappa shape index (κ1) is 14.2. The molecular weight excluding hydrogens is 276 g/mol. The molecule has 1 N–H and O–H groups in total. The van der Waals surface area contributed by atoms with Gasteiger partial charge in [0.25, 0.3) is 0 Å². The number of carbonyl (C=O) groups excluding carboxylic acids is 1. The predicted molar refractivity (Wildman–Crippen MR) is 78.5 cm³/mol. The SMILES string of the molecule is CC(=O)c1cc(C)cc(N=Nc2ccc(Cl)cc2)c1O. The molecule has 4 nitrogen and oxygen atoms in total. The second-order valence-corrected chi connectivity index (χ2v) is 4.85. The summed E-state index contributed by atoms with van der Waals surface area (Å²) in [6.07, 6.45) is 0. The standard InChI is InChI=1S/C15H13ClN2O2/c1-9-7-13(10(2)19)15(20)14(8-9)18-17-12-5-3-11(16)4-6-12/h3-8,20H,1-2H3. The van der Waals surface area contributed by atoms with Crippen molar-refractivity contribution in [1.29, 1.82) is 0 Å². The molecule has 2 aromatic rings. The van der Waals surface area contributed by atoms with Gasteiger partial charge in [-0.15, -0.1) is 5.11 Å². The average molecular weight is 289 g/mol. The number of aryl methyl sites for hydroxylation is 1. The molecule has 0 amide bonds. The second kappa shape index (κ2) is 5.84. The van der Waals surface area contributed by atoms with Crippen LogP contribution in [0.2, 0.25) is 5.02 Å². The van der Waals surface area contributed by atoms with Crippen LogP contribution in [0.1, 0.15) is 22.8 Å². The summed E-state index contributed by atoms with van der Waals surface area (Å²) in [5.74, 6) is -0.366. The summed E-state index contributed by atoms with van der Waals surface area (Å²) in [6.45, 7) is 3.22. The minimum atomic E-state index is -0.214. The van der Waals surface area contributed by atoms with E-state index in [1.807, 2.05) is 6.92 Å². The Balaban J connectivity index is 2.38. The number of halogens is 1. The third-order valence-electron chi connectivity index (χ3n) is 2.71. The van der Waals surface area contributed by atoms with Crippen LogP contribution in [0.4, 0.5) is 11.4 Å². The quantitative estimate of drug-likeness (QED) is 0.640. The number of carbonyl (C=O) groups is 1. The average Bonchev–Trinajstić information content (AvgIpc) is 2.41. The normalized spacial score (nSPS) is 10.9. The lowest BCUT2D eigenvalue weighted by atomic mass is 10.1. The maximum absolute atomic E-state index is 11.4. The van der Waals surface area contributed by atoms with Gasteiger partial charge in [0.05, 0.1) is 11.3 Å². The maximum atomic E-state index is 11.4. The molecule has 0 saturated heterocycles. The van der Waals surface area contributed by atoms with Crippen molar-refractivity contribution in [3.05, 3.63) is 52.5 Å². The third kappa shape index (κ3) is 3.22. The van der Waals surface area contributed by atoms with Crippen molar-refractivity contribution in [2.24, 2.45) is 10.2 Å². The molecule has 5 heteroatoms. The number of benzene rings is 2. The highest BCUT2D eigenvalue weighted by Crippen LogP contribution is 2.33. The molecule has 0 saturated carbocycles. The van der Waals surface area contributed by atoms with E-state index in [1.54, 1.807) is 36.4 Å². The lowest BCUT2D eigenvalue weighted by Crippen LogP contribution is -1.93. The van der Waals surface area contributed by atoms with Crippen molar-refractivity contribution in [1.82, 2.24) is 0 Å². The minimum absolute atomic E-state index is 0.152. The van der Waals surface area contributed by atoms with E-state index < -0.39 is 0 Å². The minimum Gasteiger partial charge on any atom is -0.505 e. The number of Topliss-reactive ketones (excluding diaryl/α,β-unsaturated/α-hetero) is 1. The molecule has 0 heterocycles. The Hall–Kier alpha value is -2.20. The highest BCUT2D eigenvalue weighted by atomic mass is 35.5. The number of nitrogens with zero attached hydrogens (tertiary/aromatic N) is 2. The predicted octanol–water partition coefficient (Wildman–Crippen LogP) is 4.97. The fraction of sp³-hybridized carbons (Fsp3) is 0.133. The molecular formula is C15H13ClN2O2. The van der Waals surface area contributed by atoms with Crippen LogP contribution in [-0.2, 0) is 0 Å². The van der Waals surface area contributed by atoms with Crippen molar-refractivity contribution in [3.63, 3.8) is 0 Å². The van der Waals surface area contributed by atoms with Gasteiger partial charge in [0.1, 0.15) is 5.69 Å². The summed E-state index contributed by atoms with van der Waals surface area (Å²) < 4.78 is 0. The van der Waals surface area contributed by atoms with Crippen molar-refractivity contribution >= 4 is 28.8 Å². The van der Waals surface area contributed by atoms with E-state index in [-0.39, 0.29) is 22.8 Å². The Morgan fingerprint density at radius 3 is 2.40 bits per heavy atom. The number of rotatable bonds is 3. The van der Waals surface area contributed by atoms with Crippen molar-refractivity contribution < 1.29 is 9.90 Å². The number of hydrogen-bond donors (Lipinski definition) is 1. The van der Waals surface area contributed by atoms with Crippen LogP contribution in [0, 0.1) is 6.92 Å². The third-order valence-corrected chi connectivity index (χ3v) is 2.97. The van der Waals surface area contributed by atoms with E-state index in [0.717, 1.165) is 5.56 Å². The Morgan fingerprint density at radius 1 is 1.15 bits per heavy atom. The number of aromatic hydroxyl groups is 1. The monoisotopic (exact) mass is 288 g/mol. The number of ketones is 1. The van der Waals surface area contributed by atoms with Gasteiger partial charge in [-0.2, -0.15) is 5.11 Å². The molecule has 102 valence electrons. The maximum Gasteiger partial charge on any atom is 0.163 e. The van der Waals surface area contributed by atoms with E-state index in [9.17, 15) is 9.90 Å². The first-order valence-electron chi connectivity index (χ1n) is 5.99. The van der Waals surface area contributed by atoms with E-state index in [0.29, 0.717) is 10.7 Å². The molecule has 2 aromatic carbocycles. The Morgan fingerprint density at radius 2 is 1.80 bits per heavy atom. The van der Waals surface area contributed by atoms with Gasteiger partial charge in [-0.1, -0.05) is 11.6 Å². The van der Waals surface area contributed by atoms with Crippen LogP contribution in [0.25, 0.3) is 0 Å². The topological polar surface area (TPSA) is 62.0 Å². The largest absolute Gasteiger partial charge is 0.505 e. The van der Waals surface area contributed by atoms with E-state index >= 15 is 0 Å². The van der Waals surface area contributed by atoms with Crippen molar-refractivity contribution in [2.45, 2.75) is 13.8 Å². The Labute approximate surface area is 121 Å². The summed E-state index contributed by atoms with van der Waals surface area (Å²) in [6, 6.07) is 10.1. The molecule has 0 aromatic heterocycles. The summed E-state index contributed by atoms with van der Waals surface area (Å²) >= 11 is 5.78. The van der Waals surface area contributed by atoms with E-state index in [1.165, 1.54) is 6.92 Å². The van der Waals surface area contributed by atoms with Crippen LogP contribution in [0.15, 0.2) is 46.6 Å². The number of phenolic OH excluding ortho intramolecular Hbond substituents is 1. The smallest absolute Gasteiger partial charge is 0.163 e. The molecule has 0 spiro atoms. The van der Waals surface area contributed by atoms with Crippen molar-refractivity contribution in [2.75, 3.05) is 0 Å². The lowest BCUT2D eigenvalue weighted by molar-refractivity contribution is 0.101. The lowest BCUT2D eigenvalue weighted by Gasteiger charge is -2.05. The number of hydrogen-bond acceptors (Lipinski definition) is 4. The molecule has 0 atom stereocenters. The van der Waals surface area contributed by atoms with Crippen LogP contribution in [0.3, 0.4) is 0 Å². The van der Waals surface area contributed by atoms with E-state index in [2.05, 4.69) is 10.2 Å². The zero-order chi connectivity index (χ0) is 14.7. The van der Waals surface area contributed by atoms with Gasteiger partial charge in [-0.25, -0.2) is 0 Å². The molecule has 0 aliphatic rings. The summed E-state index contributed by atoms with van der Waals surface area (Å²) in [5.41, 5.74) is 1.96. The van der Waals surface area contributed by atoms with Gasteiger partial charge in [0.2, 0.25) is 0 Å². The summed E-state index contributed by atoms with van der Waals surface area (Å²) in [4.78, 5) is 11.4. The van der Waals surface area contributed by atoms with Crippen LogP contribution in [-0.4, -0.2) is 10.9 Å². The second-order valence-electron chi connectivity index (χ2n) is 4.41. The molecule has 0 fully saturated rings. The fourth-order valence-electron chi connectivity index (χ4n) is 1.72. The first-order chi connectivity index (χ1) is 9.47. The van der Waals surface area contributed by atoms with Gasteiger partial charge in [-0.05, 0) is 55.8 Å². The molecule has 0 aliphatic carbocycles. The molecule has 2 rings (SSSR count). The van der Waals surface area contributed by atoms with Crippen LogP contribution < -0.4 is 0 Å². The molecule has 20 heavy (non-hydrogen) atoms. The Kier molecular flexibility index (Phi) is 4.15. The van der Waals surface area contributed by atoms with E-state index in [4.69, 9.17) is 11.6 Å². The van der Waals surface area contributed by atoms with Gasteiger partial charge in [0, 0.05) is 5.02 Å². The van der Waals surface area contributed by atoms with Gasteiger partial charge in [-0.3, -0.25) is 4.79 Å². The molecule has 0 aliphatic heterocycles. The molecule has 0 unspecified atom stereocenters. The van der Waals surface area contributed by atoms with Gasteiger partial charge in [0.15, 0.2) is 11.5 Å². The fourth-order valence-corrected chi connectivity index (χ4v) is 1.85. The highest BCUT2D eigenvalue weighted by Gasteiger charge is 2.12. The van der Waals surface area contributed by atoms with Gasteiger partial charge < -0.3 is 5.11 Å². The highest BCUT2D eigenvalue weighted by molar-refractivity contribution is 6.30.